The molecule has 0 unspecified atom stereocenters. The highest BCUT2D eigenvalue weighted by atomic mass is 16.5. The Morgan fingerprint density at radius 1 is 1.10 bits per heavy atom. The first-order valence-corrected chi connectivity index (χ1v) is 7.07. The van der Waals surface area contributed by atoms with Gasteiger partial charge in [0.15, 0.2) is 0 Å². The van der Waals surface area contributed by atoms with E-state index in [1.165, 1.54) is 25.7 Å². The Balaban J connectivity index is 2.28. The molecular weight excluding hydrogens is 252 g/mol. The molecule has 0 heterocycles. The monoisotopic (exact) mass is 276 g/mol. The topological polar surface area (TPSA) is 86.0 Å². The summed E-state index contributed by atoms with van der Waals surface area (Å²) in [6, 6.07) is 7.67. The Hall–Kier alpha value is -2.04. The number of nitrogens with zero attached hydrogens (tertiary/aromatic N) is 2. The summed E-state index contributed by atoms with van der Waals surface area (Å²) in [6.45, 7) is 2.99. The predicted octanol–water partition coefficient (Wildman–Crippen LogP) is 2.64. The lowest BCUT2D eigenvalue weighted by molar-refractivity contribution is 0.304. The molecule has 5 nitrogen and oxygen atoms in total. The van der Waals surface area contributed by atoms with Crippen molar-refractivity contribution in [3.63, 3.8) is 0 Å². The van der Waals surface area contributed by atoms with E-state index in [0.29, 0.717) is 0 Å². The number of benzene rings is 1. The molecule has 0 spiro atoms. The number of rotatable bonds is 9. The number of hydrogen-bond donors (Lipinski definition) is 2. The van der Waals surface area contributed by atoms with Gasteiger partial charge in [0.25, 0.3) is 0 Å². The molecule has 1 rings (SSSR count). The van der Waals surface area contributed by atoms with Crippen molar-refractivity contribution >= 4 is 12.2 Å². The van der Waals surface area contributed by atoms with Crippen LogP contribution in [0.25, 0.3) is 0 Å². The van der Waals surface area contributed by atoms with Crippen LogP contribution in [0.5, 0.6) is 5.75 Å². The zero-order valence-corrected chi connectivity index (χ0v) is 12.1. The van der Waals surface area contributed by atoms with Crippen LogP contribution in [0.1, 0.15) is 44.6 Å². The quantitative estimate of drug-likeness (QED) is 0.314. The molecule has 1 aromatic carbocycles. The summed E-state index contributed by atoms with van der Waals surface area (Å²) in [5.41, 5.74) is 11.3. The van der Waals surface area contributed by atoms with E-state index in [2.05, 4.69) is 17.1 Å². The molecule has 0 aliphatic rings. The Morgan fingerprint density at radius 3 is 2.45 bits per heavy atom. The van der Waals surface area contributed by atoms with Gasteiger partial charge in [0, 0.05) is 0 Å². The van der Waals surface area contributed by atoms with Crippen molar-refractivity contribution in [2.45, 2.75) is 39.0 Å². The van der Waals surface area contributed by atoms with Gasteiger partial charge in [0.2, 0.25) is 5.96 Å². The molecule has 0 aliphatic heterocycles. The minimum atomic E-state index is -0.0516. The van der Waals surface area contributed by atoms with Crippen molar-refractivity contribution in [1.29, 1.82) is 0 Å². The second-order valence-electron chi connectivity index (χ2n) is 4.60. The largest absolute Gasteiger partial charge is 0.494 e. The van der Waals surface area contributed by atoms with Gasteiger partial charge in [-0.15, -0.1) is 5.10 Å². The average Bonchev–Trinajstić information content (AvgIpc) is 2.44. The summed E-state index contributed by atoms with van der Waals surface area (Å²) in [5.74, 6) is 0.823. The maximum atomic E-state index is 5.67. The molecule has 5 heteroatoms. The highest BCUT2D eigenvalue weighted by Gasteiger charge is 1.94. The van der Waals surface area contributed by atoms with Gasteiger partial charge in [0.1, 0.15) is 5.75 Å². The van der Waals surface area contributed by atoms with E-state index in [-0.39, 0.29) is 5.96 Å². The van der Waals surface area contributed by atoms with Crippen molar-refractivity contribution < 1.29 is 4.74 Å². The van der Waals surface area contributed by atoms with Crippen molar-refractivity contribution in [2.75, 3.05) is 6.61 Å². The van der Waals surface area contributed by atoms with Crippen LogP contribution in [0.4, 0.5) is 0 Å². The minimum absolute atomic E-state index is 0.0516. The van der Waals surface area contributed by atoms with Gasteiger partial charge in [-0.25, -0.2) is 0 Å². The number of guanidine groups is 1. The van der Waals surface area contributed by atoms with Crippen LogP contribution in [-0.4, -0.2) is 18.8 Å². The third kappa shape index (κ3) is 7.41. The van der Waals surface area contributed by atoms with E-state index in [0.717, 1.165) is 24.3 Å². The molecule has 20 heavy (non-hydrogen) atoms. The van der Waals surface area contributed by atoms with Gasteiger partial charge in [0.05, 0.1) is 12.8 Å². The molecule has 4 N–H and O–H groups in total. The summed E-state index contributed by atoms with van der Waals surface area (Å²) < 4.78 is 5.67. The number of hydrogen-bond acceptors (Lipinski definition) is 3. The summed E-state index contributed by atoms with van der Waals surface area (Å²) in [5, 5.41) is 7.28. The molecule has 0 aromatic heterocycles. The Bertz CT molecular complexity index is 422. The van der Waals surface area contributed by atoms with Gasteiger partial charge in [-0.3, -0.25) is 0 Å². The molecule has 0 amide bonds. The number of ether oxygens (including phenoxy) is 1. The van der Waals surface area contributed by atoms with Crippen LogP contribution in [0.3, 0.4) is 0 Å². The maximum absolute atomic E-state index is 5.67. The van der Waals surface area contributed by atoms with Crippen LogP contribution >= 0.6 is 0 Å². The fourth-order valence-corrected chi connectivity index (χ4v) is 1.71. The van der Waals surface area contributed by atoms with Crippen molar-refractivity contribution in [1.82, 2.24) is 0 Å². The van der Waals surface area contributed by atoms with Crippen LogP contribution in [0, 0.1) is 0 Å². The number of unbranched alkanes of at least 4 members (excludes halogenated alkanes) is 4. The van der Waals surface area contributed by atoms with Gasteiger partial charge in [-0.05, 0) is 36.2 Å². The first-order valence-electron chi connectivity index (χ1n) is 7.07. The van der Waals surface area contributed by atoms with Crippen LogP contribution < -0.4 is 16.2 Å². The SMILES string of the molecule is CCCCCCCOc1ccc(C=NN=C(N)N)cc1. The molecule has 0 fully saturated rings. The van der Waals surface area contributed by atoms with Crippen LogP contribution in [0.15, 0.2) is 34.5 Å². The summed E-state index contributed by atoms with van der Waals surface area (Å²) in [4.78, 5) is 0. The normalized spacial score (nSPS) is 10.7. The molecule has 110 valence electrons. The smallest absolute Gasteiger partial charge is 0.211 e. The third-order valence-corrected chi connectivity index (χ3v) is 2.78. The summed E-state index contributed by atoms with van der Waals surface area (Å²) in [6.07, 6.45) is 7.80. The van der Waals surface area contributed by atoms with Crippen LogP contribution in [0.2, 0.25) is 0 Å². The van der Waals surface area contributed by atoms with E-state index in [4.69, 9.17) is 16.2 Å². The van der Waals surface area contributed by atoms with E-state index < -0.39 is 0 Å². The molecule has 0 aliphatic carbocycles. The summed E-state index contributed by atoms with van der Waals surface area (Å²) in [7, 11) is 0. The number of nitrogens with two attached hydrogens (primary N) is 2. The first-order chi connectivity index (χ1) is 9.72. The maximum Gasteiger partial charge on any atom is 0.211 e. The predicted molar refractivity (Wildman–Crippen MR) is 84.1 cm³/mol. The standard InChI is InChI=1S/C15H24N4O/c1-2-3-4-5-6-11-20-14-9-7-13(8-10-14)12-18-19-15(16)17/h7-10,12H,2-6,11H2,1H3,(H4,16,17,19). The summed E-state index contributed by atoms with van der Waals surface area (Å²) >= 11 is 0. The lowest BCUT2D eigenvalue weighted by Crippen LogP contribution is -2.21. The Morgan fingerprint density at radius 2 is 1.80 bits per heavy atom. The zero-order valence-electron chi connectivity index (χ0n) is 12.1. The molecule has 0 saturated heterocycles. The molecule has 0 radical (unpaired) electrons. The van der Waals surface area contributed by atoms with Crippen molar-refractivity contribution in [2.24, 2.45) is 21.7 Å². The van der Waals surface area contributed by atoms with Crippen molar-refractivity contribution in [3.8, 4) is 5.75 Å². The fraction of sp³-hybridized carbons (Fsp3) is 0.467. The van der Waals surface area contributed by atoms with Gasteiger partial charge in [-0.2, -0.15) is 5.10 Å². The fourth-order valence-electron chi connectivity index (χ4n) is 1.71. The first kappa shape index (κ1) is 16.0. The van der Waals surface area contributed by atoms with Crippen molar-refractivity contribution in [3.05, 3.63) is 29.8 Å². The minimum Gasteiger partial charge on any atom is -0.494 e. The van der Waals surface area contributed by atoms with E-state index >= 15 is 0 Å². The van der Waals surface area contributed by atoms with Gasteiger partial charge in [-0.1, -0.05) is 32.6 Å². The third-order valence-electron chi connectivity index (χ3n) is 2.78. The molecule has 0 atom stereocenters. The van der Waals surface area contributed by atoms with E-state index in [9.17, 15) is 0 Å². The second kappa shape index (κ2) is 9.83. The zero-order chi connectivity index (χ0) is 14.6. The van der Waals surface area contributed by atoms with Crippen LogP contribution in [-0.2, 0) is 0 Å². The highest BCUT2D eigenvalue weighted by molar-refractivity contribution is 5.81. The molecule has 1 aromatic rings. The second-order valence-corrected chi connectivity index (χ2v) is 4.60. The lowest BCUT2D eigenvalue weighted by Gasteiger charge is -2.06. The Kier molecular flexibility index (Phi) is 7.87. The van der Waals surface area contributed by atoms with E-state index in [1.54, 1.807) is 6.21 Å². The van der Waals surface area contributed by atoms with Gasteiger partial charge >= 0.3 is 0 Å². The molecule has 0 saturated carbocycles. The van der Waals surface area contributed by atoms with Gasteiger partial charge < -0.3 is 16.2 Å². The lowest BCUT2D eigenvalue weighted by atomic mass is 10.2. The highest BCUT2D eigenvalue weighted by Crippen LogP contribution is 2.12. The molecule has 0 bridgehead atoms. The average molecular weight is 276 g/mol. The molecular formula is C15H24N4O. The van der Waals surface area contributed by atoms with E-state index in [1.807, 2.05) is 24.3 Å². The Labute approximate surface area is 120 Å².